The molecule has 6 nitrogen and oxygen atoms in total. The van der Waals surface area contributed by atoms with Gasteiger partial charge in [-0.1, -0.05) is 54.0 Å². The van der Waals surface area contributed by atoms with Gasteiger partial charge in [0.15, 0.2) is 0 Å². The predicted molar refractivity (Wildman–Crippen MR) is 133 cm³/mol. The molecular formula is C28H25FN4O2. The third-order valence-electron chi connectivity index (χ3n) is 6.23. The monoisotopic (exact) mass is 468 g/mol. The summed E-state index contributed by atoms with van der Waals surface area (Å²) in [4.78, 5) is 19.6. The number of halogens is 1. The lowest BCUT2D eigenvalue weighted by atomic mass is 9.94. The zero-order chi connectivity index (χ0) is 24.5. The Balaban J connectivity index is 1.65. The Morgan fingerprint density at radius 1 is 1.03 bits per heavy atom. The molecule has 0 radical (unpaired) electrons. The summed E-state index contributed by atoms with van der Waals surface area (Å²) in [6, 6.07) is 21.1. The van der Waals surface area contributed by atoms with Crippen molar-refractivity contribution in [3.63, 3.8) is 0 Å². The molecule has 176 valence electrons. The Bertz CT molecular complexity index is 1410. The Kier molecular flexibility index (Phi) is 5.91. The van der Waals surface area contributed by atoms with Gasteiger partial charge >= 0.3 is 6.03 Å². The maximum Gasteiger partial charge on any atom is 0.326 e. The zero-order valence-corrected chi connectivity index (χ0v) is 19.7. The summed E-state index contributed by atoms with van der Waals surface area (Å²) in [7, 11) is 0. The highest BCUT2D eigenvalue weighted by atomic mass is 19.1. The number of aromatic nitrogens is 2. The van der Waals surface area contributed by atoms with Crippen LogP contribution < -0.4 is 10.2 Å². The summed E-state index contributed by atoms with van der Waals surface area (Å²) in [5, 5.41) is 7.26. The van der Waals surface area contributed by atoms with E-state index < -0.39 is 6.04 Å². The van der Waals surface area contributed by atoms with Crippen LogP contribution in [0.4, 0.5) is 14.9 Å². The van der Waals surface area contributed by atoms with E-state index in [1.165, 1.54) is 12.1 Å². The number of hydrogen-bond donors (Lipinski definition) is 1. The highest BCUT2D eigenvalue weighted by molar-refractivity contribution is 6.01. The van der Waals surface area contributed by atoms with Crippen LogP contribution in [-0.4, -0.2) is 16.2 Å². The Morgan fingerprint density at radius 3 is 2.49 bits per heavy atom. The molecule has 1 aliphatic rings. The number of allylic oxidation sites excluding steroid dienone is 1. The molecule has 1 atom stereocenters. The van der Waals surface area contributed by atoms with Gasteiger partial charge in [0.25, 0.3) is 5.89 Å². The molecule has 2 heterocycles. The molecule has 2 amide bonds. The second-order valence-electron chi connectivity index (χ2n) is 8.58. The van der Waals surface area contributed by atoms with Gasteiger partial charge in [-0.05, 0) is 67.8 Å². The maximum absolute atomic E-state index is 13.4. The van der Waals surface area contributed by atoms with Gasteiger partial charge in [-0.15, -0.1) is 0 Å². The van der Waals surface area contributed by atoms with E-state index in [-0.39, 0.29) is 11.8 Å². The minimum atomic E-state index is -0.477. The molecule has 0 aliphatic carbocycles. The van der Waals surface area contributed by atoms with E-state index in [2.05, 4.69) is 22.4 Å². The van der Waals surface area contributed by atoms with Crippen LogP contribution in [-0.2, 0) is 6.42 Å². The first-order valence-electron chi connectivity index (χ1n) is 11.5. The summed E-state index contributed by atoms with van der Waals surface area (Å²) in [5.74, 6) is 0.304. The summed E-state index contributed by atoms with van der Waals surface area (Å²) >= 11 is 0. The summed E-state index contributed by atoms with van der Waals surface area (Å²) in [6.45, 7) is 5.97. The van der Waals surface area contributed by atoms with E-state index in [1.54, 1.807) is 17.0 Å². The van der Waals surface area contributed by atoms with Crippen LogP contribution in [0.25, 0.3) is 17.0 Å². The zero-order valence-electron chi connectivity index (χ0n) is 19.7. The van der Waals surface area contributed by atoms with E-state index in [0.717, 1.165) is 28.8 Å². The first-order valence-corrected chi connectivity index (χ1v) is 11.5. The maximum atomic E-state index is 13.4. The number of nitrogens with one attached hydrogen (secondary N) is 1. The fraction of sp³-hybridized carbons (Fsp3) is 0.179. The summed E-state index contributed by atoms with van der Waals surface area (Å²) < 4.78 is 19.1. The van der Waals surface area contributed by atoms with E-state index in [0.29, 0.717) is 28.5 Å². The molecule has 35 heavy (non-hydrogen) atoms. The molecule has 1 aliphatic heterocycles. The van der Waals surface area contributed by atoms with Crippen molar-refractivity contribution < 1.29 is 13.7 Å². The lowest BCUT2D eigenvalue weighted by Crippen LogP contribution is -2.46. The minimum absolute atomic E-state index is 0.233. The fourth-order valence-electron chi connectivity index (χ4n) is 4.30. The molecule has 0 fully saturated rings. The van der Waals surface area contributed by atoms with Gasteiger partial charge in [0.05, 0.1) is 17.3 Å². The quantitative estimate of drug-likeness (QED) is 0.365. The number of amides is 2. The van der Waals surface area contributed by atoms with Crippen molar-refractivity contribution in [2.24, 2.45) is 0 Å². The fourth-order valence-corrected chi connectivity index (χ4v) is 4.30. The van der Waals surface area contributed by atoms with Crippen LogP contribution in [0.5, 0.6) is 0 Å². The third-order valence-corrected chi connectivity index (χ3v) is 6.23. The van der Waals surface area contributed by atoms with Crippen molar-refractivity contribution in [2.75, 3.05) is 4.90 Å². The SMILES string of the molecule is CCc1cccc(N2C(=O)NC(c3ccc(C)cc3)C(c3nc(-c4ccc(F)cc4)no3)=C2C)c1. The molecule has 3 aromatic carbocycles. The molecule has 5 rings (SSSR count). The Morgan fingerprint density at radius 2 is 1.77 bits per heavy atom. The number of nitrogens with zero attached hydrogens (tertiary/aromatic N) is 3. The highest BCUT2D eigenvalue weighted by Gasteiger charge is 2.36. The number of urea groups is 1. The van der Waals surface area contributed by atoms with Crippen molar-refractivity contribution >= 4 is 17.3 Å². The Hall–Kier alpha value is -4.26. The van der Waals surface area contributed by atoms with Crippen LogP contribution in [0.3, 0.4) is 0 Å². The molecule has 1 unspecified atom stereocenters. The number of carbonyl (C=O) groups is 1. The lowest BCUT2D eigenvalue weighted by Gasteiger charge is -2.35. The van der Waals surface area contributed by atoms with Crippen molar-refractivity contribution in [3.05, 3.63) is 107 Å². The molecule has 1 aromatic heterocycles. The molecule has 4 aromatic rings. The van der Waals surface area contributed by atoms with E-state index in [1.807, 2.05) is 62.4 Å². The molecule has 1 N–H and O–H groups in total. The smallest absolute Gasteiger partial charge is 0.326 e. The standard InChI is InChI=1S/C28H25FN4O2/c1-4-19-6-5-7-23(16-19)33-18(3)24(25(30-28(33)34)20-10-8-17(2)9-11-20)27-31-26(32-35-27)21-12-14-22(29)15-13-21/h5-16,25H,4H2,1-3H3,(H,30,34). The van der Waals surface area contributed by atoms with Gasteiger partial charge in [-0.3, -0.25) is 4.90 Å². The van der Waals surface area contributed by atoms with Gasteiger partial charge in [-0.25, -0.2) is 9.18 Å². The van der Waals surface area contributed by atoms with Gasteiger partial charge in [-0.2, -0.15) is 4.98 Å². The number of aryl methyl sites for hydroxylation is 2. The predicted octanol–water partition coefficient (Wildman–Crippen LogP) is 6.45. The molecule has 0 spiro atoms. The first-order chi connectivity index (χ1) is 16.9. The topological polar surface area (TPSA) is 71.3 Å². The largest absolute Gasteiger partial charge is 0.334 e. The average molecular weight is 469 g/mol. The molecule has 0 bridgehead atoms. The van der Waals surface area contributed by atoms with Gasteiger partial charge in [0, 0.05) is 11.3 Å². The number of rotatable bonds is 5. The van der Waals surface area contributed by atoms with Crippen molar-refractivity contribution in [3.8, 4) is 11.4 Å². The molecular weight excluding hydrogens is 443 g/mol. The molecule has 7 heteroatoms. The molecule has 0 saturated heterocycles. The van der Waals surface area contributed by atoms with E-state index in [4.69, 9.17) is 4.52 Å². The number of hydrogen-bond acceptors (Lipinski definition) is 4. The van der Waals surface area contributed by atoms with Crippen LogP contribution >= 0.6 is 0 Å². The van der Waals surface area contributed by atoms with Gasteiger partial charge < -0.3 is 9.84 Å². The van der Waals surface area contributed by atoms with E-state index >= 15 is 0 Å². The summed E-state index contributed by atoms with van der Waals surface area (Å²) in [5.41, 5.74) is 5.95. The van der Waals surface area contributed by atoms with Crippen molar-refractivity contribution in [2.45, 2.75) is 33.2 Å². The van der Waals surface area contributed by atoms with Crippen LogP contribution in [0.2, 0.25) is 0 Å². The second-order valence-corrected chi connectivity index (χ2v) is 8.58. The Labute approximate surface area is 203 Å². The highest BCUT2D eigenvalue weighted by Crippen LogP contribution is 2.39. The van der Waals surface area contributed by atoms with E-state index in [9.17, 15) is 9.18 Å². The average Bonchev–Trinajstić information content (AvgIpc) is 3.34. The van der Waals surface area contributed by atoms with Crippen molar-refractivity contribution in [1.29, 1.82) is 0 Å². The van der Waals surface area contributed by atoms with Crippen LogP contribution in [0, 0.1) is 12.7 Å². The lowest BCUT2D eigenvalue weighted by molar-refractivity contribution is 0.244. The number of benzene rings is 3. The second kappa shape index (κ2) is 9.18. The van der Waals surface area contributed by atoms with Crippen molar-refractivity contribution in [1.82, 2.24) is 15.5 Å². The van der Waals surface area contributed by atoms with Crippen LogP contribution in [0.15, 0.2) is 83.0 Å². The molecule has 0 saturated carbocycles. The normalized spacial score (nSPS) is 15.9. The van der Waals surface area contributed by atoms with Gasteiger partial charge in [0.1, 0.15) is 5.82 Å². The summed E-state index contributed by atoms with van der Waals surface area (Å²) in [6.07, 6.45) is 0.857. The minimum Gasteiger partial charge on any atom is -0.334 e. The number of carbonyl (C=O) groups excluding carboxylic acids is 1. The van der Waals surface area contributed by atoms with Gasteiger partial charge in [0.2, 0.25) is 5.82 Å². The van der Waals surface area contributed by atoms with Crippen LogP contribution in [0.1, 0.15) is 42.5 Å². The number of anilines is 1. The third kappa shape index (κ3) is 4.33. The first kappa shape index (κ1) is 22.5.